The Labute approximate surface area is 116 Å². The van der Waals surface area contributed by atoms with Crippen LogP contribution in [0.5, 0.6) is 0 Å². The molecule has 0 N–H and O–H groups in total. The highest BCUT2D eigenvalue weighted by Crippen LogP contribution is 2.16. The van der Waals surface area contributed by atoms with Crippen molar-refractivity contribution < 1.29 is 9.53 Å². The van der Waals surface area contributed by atoms with Gasteiger partial charge in [0, 0.05) is 30.9 Å². The minimum absolute atomic E-state index is 0.0618. The van der Waals surface area contributed by atoms with E-state index in [1.54, 1.807) is 24.3 Å². The Morgan fingerprint density at radius 1 is 1.56 bits per heavy atom. The first kappa shape index (κ1) is 15.1. The molecule has 1 amide bonds. The summed E-state index contributed by atoms with van der Waals surface area (Å²) in [5.74, 6) is 0.349. The van der Waals surface area contributed by atoms with E-state index in [2.05, 4.69) is 34.8 Å². The van der Waals surface area contributed by atoms with Gasteiger partial charge >= 0.3 is 0 Å². The summed E-state index contributed by atoms with van der Waals surface area (Å²) in [4.78, 5) is 18.3. The van der Waals surface area contributed by atoms with Crippen molar-refractivity contribution in [3.63, 3.8) is 0 Å². The highest BCUT2D eigenvalue weighted by molar-refractivity contribution is 9.10. The number of aromatic nitrogens is 1. The maximum Gasteiger partial charge on any atom is 0.273 e. The SMILES string of the molecule is COCCN(CC(C)C)C(=O)c1ncccc1Br. The number of carbonyl (C=O) groups excluding carboxylic acids is 1. The van der Waals surface area contributed by atoms with Crippen LogP contribution >= 0.6 is 15.9 Å². The van der Waals surface area contributed by atoms with Crippen molar-refractivity contribution in [3.05, 3.63) is 28.5 Å². The minimum Gasteiger partial charge on any atom is -0.383 e. The molecule has 0 saturated heterocycles. The number of hydrogen-bond donors (Lipinski definition) is 0. The molecule has 0 radical (unpaired) electrons. The summed E-state index contributed by atoms with van der Waals surface area (Å²) in [6, 6.07) is 3.62. The van der Waals surface area contributed by atoms with Gasteiger partial charge in [-0.2, -0.15) is 0 Å². The van der Waals surface area contributed by atoms with Crippen LogP contribution < -0.4 is 0 Å². The largest absolute Gasteiger partial charge is 0.383 e. The predicted octanol–water partition coefficient (Wildman–Crippen LogP) is 2.59. The number of nitrogens with zero attached hydrogens (tertiary/aromatic N) is 2. The third kappa shape index (κ3) is 4.38. The van der Waals surface area contributed by atoms with Crippen LogP contribution in [0.3, 0.4) is 0 Å². The summed E-state index contributed by atoms with van der Waals surface area (Å²) in [5.41, 5.74) is 0.453. The average Bonchev–Trinajstić information content (AvgIpc) is 2.34. The van der Waals surface area contributed by atoms with Crippen LogP contribution in [0.1, 0.15) is 24.3 Å². The molecule has 5 heteroatoms. The van der Waals surface area contributed by atoms with Crippen LogP contribution in [0.4, 0.5) is 0 Å². The summed E-state index contributed by atoms with van der Waals surface area (Å²) < 4.78 is 5.77. The Morgan fingerprint density at radius 3 is 2.83 bits per heavy atom. The Bertz CT molecular complexity index is 396. The molecular weight excluding hydrogens is 296 g/mol. The number of methoxy groups -OCH3 is 1. The molecule has 1 heterocycles. The molecule has 1 aromatic rings. The summed E-state index contributed by atoms with van der Waals surface area (Å²) in [6.45, 7) is 5.98. The first-order valence-electron chi connectivity index (χ1n) is 5.95. The minimum atomic E-state index is -0.0618. The summed E-state index contributed by atoms with van der Waals surface area (Å²) in [6.07, 6.45) is 1.63. The van der Waals surface area contributed by atoms with Gasteiger partial charge in [0.25, 0.3) is 5.91 Å². The van der Waals surface area contributed by atoms with Gasteiger partial charge in [-0.25, -0.2) is 4.98 Å². The fourth-order valence-electron chi connectivity index (χ4n) is 1.61. The van der Waals surface area contributed by atoms with Gasteiger partial charge in [-0.1, -0.05) is 13.8 Å². The second-order valence-corrected chi connectivity index (χ2v) is 5.33. The molecule has 0 saturated carbocycles. The lowest BCUT2D eigenvalue weighted by molar-refractivity contribution is 0.0665. The van der Waals surface area contributed by atoms with Gasteiger partial charge in [-0.05, 0) is 34.0 Å². The number of hydrogen-bond acceptors (Lipinski definition) is 3. The van der Waals surface area contributed by atoms with Gasteiger partial charge in [-0.15, -0.1) is 0 Å². The molecule has 0 spiro atoms. The van der Waals surface area contributed by atoms with Crippen LogP contribution in [-0.4, -0.2) is 42.6 Å². The lowest BCUT2D eigenvalue weighted by Crippen LogP contribution is -2.37. The van der Waals surface area contributed by atoms with Crippen LogP contribution in [0.2, 0.25) is 0 Å². The first-order chi connectivity index (χ1) is 8.56. The number of amides is 1. The van der Waals surface area contributed by atoms with E-state index in [9.17, 15) is 4.79 Å². The molecule has 0 bridgehead atoms. The monoisotopic (exact) mass is 314 g/mol. The fraction of sp³-hybridized carbons (Fsp3) is 0.538. The second-order valence-electron chi connectivity index (χ2n) is 4.47. The molecule has 0 atom stereocenters. The van der Waals surface area contributed by atoms with E-state index in [1.807, 2.05) is 6.07 Å². The second kappa shape index (κ2) is 7.48. The predicted molar refractivity (Wildman–Crippen MR) is 74.6 cm³/mol. The van der Waals surface area contributed by atoms with Gasteiger partial charge in [0.2, 0.25) is 0 Å². The van der Waals surface area contributed by atoms with Gasteiger partial charge in [-0.3, -0.25) is 4.79 Å². The van der Waals surface area contributed by atoms with E-state index in [-0.39, 0.29) is 5.91 Å². The molecule has 1 rings (SSSR count). The molecule has 0 aliphatic heterocycles. The Kier molecular flexibility index (Phi) is 6.29. The molecule has 18 heavy (non-hydrogen) atoms. The normalized spacial score (nSPS) is 10.7. The number of rotatable bonds is 6. The number of ether oxygens (including phenoxy) is 1. The molecule has 0 unspecified atom stereocenters. The lowest BCUT2D eigenvalue weighted by atomic mass is 10.2. The van der Waals surface area contributed by atoms with Crippen LogP contribution in [0.25, 0.3) is 0 Å². The molecule has 0 fully saturated rings. The van der Waals surface area contributed by atoms with Crippen molar-refractivity contribution in [2.24, 2.45) is 5.92 Å². The Balaban J connectivity index is 2.84. The van der Waals surface area contributed by atoms with E-state index >= 15 is 0 Å². The lowest BCUT2D eigenvalue weighted by Gasteiger charge is -2.24. The van der Waals surface area contributed by atoms with Gasteiger partial charge in [0.05, 0.1) is 6.61 Å². The molecule has 0 aliphatic rings. The standard InChI is InChI=1S/C13H19BrN2O2/c1-10(2)9-16(7-8-18-3)13(17)12-11(14)5-4-6-15-12/h4-6,10H,7-9H2,1-3H3. The van der Waals surface area contributed by atoms with Gasteiger partial charge in [0.15, 0.2) is 0 Å². The van der Waals surface area contributed by atoms with Crippen LogP contribution in [-0.2, 0) is 4.74 Å². The topological polar surface area (TPSA) is 42.4 Å². The van der Waals surface area contributed by atoms with Crippen molar-refractivity contribution >= 4 is 21.8 Å². The van der Waals surface area contributed by atoms with E-state index in [0.717, 1.165) is 4.47 Å². The molecular formula is C13H19BrN2O2. The van der Waals surface area contributed by atoms with E-state index in [0.29, 0.717) is 31.3 Å². The van der Waals surface area contributed by atoms with Gasteiger partial charge < -0.3 is 9.64 Å². The molecule has 100 valence electrons. The maximum absolute atomic E-state index is 12.4. The first-order valence-corrected chi connectivity index (χ1v) is 6.74. The third-order valence-electron chi connectivity index (χ3n) is 2.40. The zero-order valence-electron chi connectivity index (χ0n) is 11.0. The molecule has 0 aromatic carbocycles. The van der Waals surface area contributed by atoms with E-state index < -0.39 is 0 Å². The fourth-order valence-corrected chi connectivity index (χ4v) is 2.04. The Hall–Kier alpha value is -0.940. The number of carbonyl (C=O) groups is 1. The van der Waals surface area contributed by atoms with Gasteiger partial charge in [0.1, 0.15) is 5.69 Å². The van der Waals surface area contributed by atoms with Crippen molar-refractivity contribution in [1.82, 2.24) is 9.88 Å². The van der Waals surface area contributed by atoms with Crippen molar-refractivity contribution in [2.45, 2.75) is 13.8 Å². The summed E-state index contributed by atoms with van der Waals surface area (Å²) in [5, 5.41) is 0. The smallest absolute Gasteiger partial charge is 0.273 e. The van der Waals surface area contributed by atoms with Crippen molar-refractivity contribution in [1.29, 1.82) is 0 Å². The van der Waals surface area contributed by atoms with E-state index in [1.165, 1.54) is 0 Å². The highest BCUT2D eigenvalue weighted by Gasteiger charge is 2.19. The van der Waals surface area contributed by atoms with Crippen LogP contribution in [0.15, 0.2) is 22.8 Å². The summed E-state index contributed by atoms with van der Waals surface area (Å²) in [7, 11) is 1.63. The van der Waals surface area contributed by atoms with Crippen molar-refractivity contribution in [3.8, 4) is 0 Å². The quantitative estimate of drug-likeness (QED) is 0.810. The highest BCUT2D eigenvalue weighted by atomic mass is 79.9. The number of halogens is 1. The average molecular weight is 315 g/mol. The maximum atomic E-state index is 12.4. The third-order valence-corrected chi connectivity index (χ3v) is 3.04. The molecule has 4 nitrogen and oxygen atoms in total. The summed E-state index contributed by atoms with van der Waals surface area (Å²) >= 11 is 3.36. The Morgan fingerprint density at radius 2 is 2.28 bits per heavy atom. The zero-order chi connectivity index (χ0) is 13.5. The zero-order valence-corrected chi connectivity index (χ0v) is 12.6. The van der Waals surface area contributed by atoms with E-state index in [4.69, 9.17) is 4.74 Å². The van der Waals surface area contributed by atoms with Crippen LogP contribution in [0, 0.1) is 5.92 Å². The molecule has 1 aromatic heterocycles. The van der Waals surface area contributed by atoms with Crippen molar-refractivity contribution in [2.75, 3.05) is 26.8 Å². The molecule has 0 aliphatic carbocycles. The number of pyridine rings is 1.